The van der Waals surface area contributed by atoms with Crippen LogP contribution >= 0.6 is 0 Å². The van der Waals surface area contributed by atoms with Crippen LogP contribution in [0.15, 0.2) is 24.3 Å². The van der Waals surface area contributed by atoms with E-state index >= 15 is 0 Å². The summed E-state index contributed by atoms with van der Waals surface area (Å²) in [5.74, 6) is -0.687. The molecule has 1 N–H and O–H groups in total. The van der Waals surface area contributed by atoms with E-state index < -0.39 is 5.97 Å². The van der Waals surface area contributed by atoms with Gasteiger partial charge in [-0.05, 0) is 49.9 Å². The maximum Gasteiger partial charge on any atom is 0.321 e. The second-order valence-electron chi connectivity index (χ2n) is 5.28. The van der Waals surface area contributed by atoms with Crippen molar-refractivity contribution >= 4 is 5.97 Å². The standard InChI is InChI=1S/C16H23NO2/c1-2-13-8-4-5-9-14(13)12-15(16(18)19)17-10-6-3-7-11-17/h4-5,8-9,15H,2-3,6-7,10-12H2,1H3,(H,18,19). The van der Waals surface area contributed by atoms with Gasteiger partial charge < -0.3 is 5.11 Å². The first-order chi connectivity index (χ1) is 9.22. The Hall–Kier alpha value is -1.35. The van der Waals surface area contributed by atoms with Gasteiger partial charge in [0, 0.05) is 0 Å². The number of benzene rings is 1. The minimum Gasteiger partial charge on any atom is -0.480 e. The van der Waals surface area contributed by atoms with Crippen LogP contribution in [0.2, 0.25) is 0 Å². The highest BCUT2D eigenvalue weighted by atomic mass is 16.4. The van der Waals surface area contributed by atoms with Crippen LogP contribution < -0.4 is 0 Å². The van der Waals surface area contributed by atoms with Gasteiger partial charge in [-0.3, -0.25) is 9.69 Å². The van der Waals surface area contributed by atoms with Gasteiger partial charge in [-0.25, -0.2) is 0 Å². The molecule has 1 aromatic rings. The highest BCUT2D eigenvalue weighted by molar-refractivity contribution is 5.74. The van der Waals surface area contributed by atoms with Crippen LogP contribution in [0.4, 0.5) is 0 Å². The summed E-state index contributed by atoms with van der Waals surface area (Å²) in [6.07, 6.45) is 5.06. The maximum atomic E-state index is 11.6. The summed E-state index contributed by atoms with van der Waals surface area (Å²) in [5.41, 5.74) is 2.45. The SMILES string of the molecule is CCc1ccccc1CC(C(=O)O)N1CCCCC1. The lowest BCUT2D eigenvalue weighted by Crippen LogP contribution is -2.45. The number of hydrogen-bond acceptors (Lipinski definition) is 2. The molecule has 0 bridgehead atoms. The van der Waals surface area contributed by atoms with Crippen molar-refractivity contribution in [3.63, 3.8) is 0 Å². The van der Waals surface area contributed by atoms with E-state index in [0.29, 0.717) is 6.42 Å². The number of aryl methyl sites for hydroxylation is 1. The average molecular weight is 261 g/mol. The third kappa shape index (κ3) is 3.57. The van der Waals surface area contributed by atoms with Gasteiger partial charge in [-0.15, -0.1) is 0 Å². The first-order valence-corrected chi connectivity index (χ1v) is 7.26. The molecule has 3 heteroatoms. The fourth-order valence-corrected chi connectivity index (χ4v) is 2.91. The van der Waals surface area contributed by atoms with E-state index in [1.54, 1.807) is 0 Å². The van der Waals surface area contributed by atoms with Crippen molar-refractivity contribution in [2.24, 2.45) is 0 Å². The van der Waals surface area contributed by atoms with E-state index in [2.05, 4.69) is 24.0 Å². The topological polar surface area (TPSA) is 40.5 Å². The average Bonchev–Trinajstić information content (AvgIpc) is 2.45. The van der Waals surface area contributed by atoms with Crippen LogP contribution in [0.3, 0.4) is 0 Å². The van der Waals surface area contributed by atoms with Crippen molar-refractivity contribution < 1.29 is 9.90 Å². The Labute approximate surface area is 115 Å². The highest BCUT2D eigenvalue weighted by Gasteiger charge is 2.27. The minimum absolute atomic E-state index is 0.368. The highest BCUT2D eigenvalue weighted by Crippen LogP contribution is 2.18. The molecular weight excluding hydrogens is 238 g/mol. The third-order valence-electron chi connectivity index (χ3n) is 4.03. The summed E-state index contributed by atoms with van der Waals surface area (Å²) in [4.78, 5) is 13.7. The summed E-state index contributed by atoms with van der Waals surface area (Å²) in [6, 6.07) is 7.83. The largest absolute Gasteiger partial charge is 0.480 e. The number of nitrogens with zero attached hydrogens (tertiary/aromatic N) is 1. The Morgan fingerprint density at radius 1 is 1.21 bits per heavy atom. The molecule has 104 valence electrons. The van der Waals surface area contributed by atoms with E-state index in [0.717, 1.165) is 32.4 Å². The molecule has 1 aliphatic rings. The van der Waals surface area contributed by atoms with Crippen LogP contribution in [0.1, 0.15) is 37.3 Å². The Morgan fingerprint density at radius 2 is 1.84 bits per heavy atom. The second kappa shape index (κ2) is 6.71. The number of hydrogen-bond donors (Lipinski definition) is 1. The number of carboxylic acids is 1. The third-order valence-corrected chi connectivity index (χ3v) is 4.03. The summed E-state index contributed by atoms with van der Waals surface area (Å²) in [6.45, 7) is 3.96. The number of aliphatic carboxylic acids is 1. The van der Waals surface area contributed by atoms with Crippen molar-refractivity contribution in [2.75, 3.05) is 13.1 Å². The molecule has 2 rings (SSSR count). The van der Waals surface area contributed by atoms with Gasteiger partial charge in [-0.2, -0.15) is 0 Å². The molecule has 3 nitrogen and oxygen atoms in total. The fourth-order valence-electron chi connectivity index (χ4n) is 2.91. The zero-order chi connectivity index (χ0) is 13.7. The Kier molecular flexibility index (Phi) is 4.97. The number of carbonyl (C=O) groups is 1. The number of likely N-dealkylation sites (tertiary alicyclic amines) is 1. The molecule has 1 aliphatic heterocycles. The number of piperidine rings is 1. The van der Waals surface area contributed by atoms with E-state index in [4.69, 9.17) is 0 Å². The molecule has 1 aromatic carbocycles. The van der Waals surface area contributed by atoms with Crippen molar-refractivity contribution in [3.8, 4) is 0 Å². The normalized spacial score (nSPS) is 18.2. The molecule has 1 heterocycles. The molecular formula is C16H23NO2. The van der Waals surface area contributed by atoms with E-state index in [-0.39, 0.29) is 6.04 Å². The van der Waals surface area contributed by atoms with Gasteiger partial charge in [0.15, 0.2) is 0 Å². The summed E-state index contributed by atoms with van der Waals surface area (Å²) >= 11 is 0. The predicted molar refractivity (Wildman–Crippen MR) is 76.4 cm³/mol. The maximum absolute atomic E-state index is 11.6. The number of rotatable bonds is 5. The zero-order valence-electron chi connectivity index (χ0n) is 11.6. The van der Waals surface area contributed by atoms with E-state index in [1.165, 1.54) is 17.5 Å². The van der Waals surface area contributed by atoms with Gasteiger partial charge >= 0.3 is 5.97 Å². The monoisotopic (exact) mass is 261 g/mol. The Balaban J connectivity index is 2.13. The molecule has 1 saturated heterocycles. The van der Waals surface area contributed by atoms with Crippen LogP contribution in [-0.2, 0) is 17.6 Å². The lowest BCUT2D eigenvalue weighted by molar-refractivity contribution is -0.143. The predicted octanol–water partition coefficient (Wildman–Crippen LogP) is 2.73. The summed E-state index contributed by atoms with van der Waals surface area (Å²) in [7, 11) is 0. The molecule has 1 fully saturated rings. The van der Waals surface area contributed by atoms with Gasteiger partial charge in [0.25, 0.3) is 0 Å². The smallest absolute Gasteiger partial charge is 0.321 e. The van der Waals surface area contributed by atoms with Crippen LogP contribution in [0, 0.1) is 0 Å². The first-order valence-electron chi connectivity index (χ1n) is 7.26. The Bertz CT molecular complexity index is 425. The van der Waals surface area contributed by atoms with Crippen LogP contribution in [-0.4, -0.2) is 35.1 Å². The zero-order valence-corrected chi connectivity index (χ0v) is 11.6. The molecule has 0 amide bonds. The van der Waals surface area contributed by atoms with Gasteiger partial charge in [-0.1, -0.05) is 37.6 Å². The van der Waals surface area contributed by atoms with Crippen molar-refractivity contribution in [3.05, 3.63) is 35.4 Å². The second-order valence-corrected chi connectivity index (χ2v) is 5.28. The van der Waals surface area contributed by atoms with E-state index in [9.17, 15) is 9.90 Å². The molecule has 0 radical (unpaired) electrons. The summed E-state index contributed by atoms with van der Waals surface area (Å²) in [5, 5.41) is 9.51. The van der Waals surface area contributed by atoms with Gasteiger partial charge in [0.2, 0.25) is 0 Å². The van der Waals surface area contributed by atoms with Crippen LogP contribution in [0.25, 0.3) is 0 Å². The molecule has 1 atom stereocenters. The molecule has 0 saturated carbocycles. The quantitative estimate of drug-likeness (QED) is 0.886. The van der Waals surface area contributed by atoms with Gasteiger partial charge in [0.05, 0.1) is 0 Å². The lowest BCUT2D eigenvalue weighted by Gasteiger charge is -2.32. The minimum atomic E-state index is -0.687. The Morgan fingerprint density at radius 3 is 2.42 bits per heavy atom. The van der Waals surface area contributed by atoms with Crippen molar-refractivity contribution in [1.82, 2.24) is 4.90 Å². The lowest BCUT2D eigenvalue weighted by atomic mass is 9.96. The molecule has 0 spiro atoms. The molecule has 0 aliphatic carbocycles. The van der Waals surface area contributed by atoms with Crippen LogP contribution in [0.5, 0.6) is 0 Å². The van der Waals surface area contributed by atoms with Crippen molar-refractivity contribution in [1.29, 1.82) is 0 Å². The van der Waals surface area contributed by atoms with Crippen molar-refractivity contribution in [2.45, 2.75) is 45.1 Å². The number of carboxylic acid groups (broad SMARTS) is 1. The van der Waals surface area contributed by atoms with Gasteiger partial charge in [0.1, 0.15) is 6.04 Å². The molecule has 0 aromatic heterocycles. The molecule has 19 heavy (non-hydrogen) atoms. The summed E-state index contributed by atoms with van der Waals surface area (Å²) < 4.78 is 0. The van der Waals surface area contributed by atoms with E-state index in [1.807, 2.05) is 12.1 Å². The first kappa shape index (κ1) is 14.1. The molecule has 1 unspecified atom stereocenters. The fraction of sp³-hybridized carbons (Fsp3) is 0.562.